The van der Waals surface area contributed by atoms with E-state index in [1.165, 1.54) is 23.3 Å². The third kappa shape index (κ3) is 2.24. The Morgan fingerprint density at radius 3 is 2.27 bits per heavy atom. The lowest BCUT2D eigenvalue weighted by Crippen LogP contribution is -1.84. The molecular weight excluding hydrogens is 187 g/mol. The molecule has 15 heavy (non-hydrogen) atoms. The fraction of sp³-hybridized carbons (Fsp3) is 0.143. The summed E-state index contributed by atoms with van der Waals surface area (Å²) >= 11 is 0. The fourth-order valence-corrected chi connectivity index (χ4v) is 1.74. The molecule has 0 aliphatic carbocycles. The Kier molecular flexibility index (Phi) is 2.55. The van der Waals surface area contributed by atoms with Crippen molar-refractivity contribution in [2.75, 3.05) is 0 Å². The lowest BCUT2D eigenvalue weighted by atomic mass is 10.0. The summed E-state index contributed by atoms with van der Waals surface area (Å²) in [4.78, 5) is 0. The fourth-order valence-electron chi connectivity index (χ4n) is 1.74. The molecule has 0 atom stereocenters. The molecule has 0 fully saturated rings. The molecule has 0 bridgehead atoms. The number of halogens is 1. The van der Waals surface area contributed by atoms with Crippen molar-refractivity contribution in [2.45, 2.75) is 13.8 Å². The monoisotopic (exact) mass is 199 g/mol. The summed E-state index contributed by atoms with van der Waals surface area (Å²) in [7, 11) is 0. The third-order valence-corrected chi connectivity index (χ3v) is 2.30. The van der Waals surface area contributed by atoms with Crippen LogP contribution >= 0.6 is 0 Å². The summed E-state index contributed by atoms with van der Waals surface area (Å²) in [6.07, 6.45) is 0. The normalized spacial score (nSPS) is 10.3. The molecule has 0 saturated carbocycles. The minimum atomic E-state index is -0.220. The van der Waals surface area contributed by atoms with E-state index in [1.807, 2.05) is 26.0 Å². The Hall–Kier alpha value is -1.63. The molecule has 1 radical (unpaired) electrons. The number of hydrogen-bond acceptors (Lipinski definition) is 0. The molecule has 0 aromatic heterocycles. The zero-order valence-electron chi connectivity index (χ0n) is 8.84. The van der Waals surface area contributed by atoms with E-state index in [2.05, 4.69) is 12.1 Å². The van der Waals surface area contributed by atoms with Crippen molar-refractivity contribution in [3.8, 4) is 11.1 Å². The topological polar surface area (TPSA) is 0 Å². The highest BCUT2D eigenvalue weighted by atomic mass is 19.1. The summed E-state index contributed by atoms with van der Waals surface area (Å²) in [6.45, 7) is 4.07. The quantitative estimate of drug-likeness (QED) is 0.653. The zero-order valence-corrected chi connectivity index (χ0v) is 8.84. The molecule has 0 aliphatic rings. The summed E-state index contributed by atoms with van der Waals surface area (Å²) < 4.78 is 13.0. The van der Waals surface area contributed by atoms with Gasteiger partial charge in [0.1, 0.15) is 5.82 Å². The molecular formula is C14H12F. The Morgan fingerprint density at radius 2 is 1.67 bits per heavy atom. The molecule has 1 heteroatoms. The highest BCUT2D eigenvalue weighted by molar-refractivity contribution is 5.64. The van der Waals surface area contributed by atoms with Crippen LogP contribution in [0.1, 0.15) is 11.1 Å². The average Bonchev–Trinajstić information content (AvgIpc) is 2.16. The maximum absolute atomic E-state index is 13.0. The maximum atomic E-state index is 13.0. The summed E-state index contributed by atoms with van der Waals surface area (Å²) in [6, 6.07) is 13.8. The van der Waals surface area contributed by atoms with E-state index in [1.54, 1.807) is 6.07 Å². The van der Waals surface area contributed by atoms with Gasteiger partial charge in [-0.15, -0.1) is 0 Å². The molecule has 0 nitrogen and oxygen atoms in total. The number of aryl methyl sites for hydroxylation is 2. The first-order valence-corrected chi connectivity index (χ1v) is 4.91. The van der Waals surface area contributed by atoms with Gasteiger partial charge >= 0.3 is 0 Å². The second kappa shape index (κ2) is 3.85. The van der Waals surface area contributed by atoms with Crippen LogP contribution in [0.5, 0.6) is 0 Å². The van der Waals surface area contributed by atoms with Gasteiger partial charge in [0.05, 0.1) is 0 Å². The van der Waals surface area contributed by atoms with Gasteiger partial charge < -0.3 is 0 Å². The second-order valence-corrected chi connectivity index (χ2v) is 3.80. The van der Waals surface area contributed by atoms with Gasteiger partial charge in [-0.1, -0.05) is 35.4 Å². The molecule has 2 rings (SSSR count). The van der Waals surface area contributed by atoms with Crippen molar-refractivity contribution in [1.29, 1.82) is 0 Å². The van der Waals surface area contributed by atoms with Gasteiger partial charge in [0.25, 0.3) is 0 Å². The van der Waals surface area contributed by atoms with Crippen LogP contribution in [0.2, 0.25) is 0 Å². The molecule has 2 aromatic carbocycles. The van der Waals surface area contributed by atoms with Gasteiger partial charge in [-0.3, -0.25) is 0 Å². The molecule has 0 heterocycles. The van der Waals surface area contributed by atoms with Crippen molar-refractivity contribution in [1.82, 2.24) is 0 Å². The largest absolute Gasteiger partial charge is 0.207 e. The second-order valence-electron chi connectivity index (χ2n) is 3.80. The predicted octanol–water partition coefficient (Wildman–Crippen LogP) is 3.91. The van der Waals surface area contributed by atoms with Crippen molar-refractivity contribution in [2.24, 2.45) is 0 Å². The van der Waals surface area contributed by atoms with Crippen LogP contribution in [0.3, 0.4) is 0 Å². The number of hydrogen-bond donors (Lipinski definition) is 0. The molecule has 0 unspecified atom stereocenters. The van der Waals surface area contributed by atoms with E-state index >= 15 is 0 Å². The Morgan fingerprint density at radius 1 is 1.00 bits per heavy atom. The Labute approximate surface area is 89.4 Å². The van der Waals surface area contributed by atoms with Crippen LogP contribution in [-0.4, -0.2) is 0 Å². The smallest absolute Gasteiger partial charge is 0.123 e. The molecule has 0 saturated heterocycles. The maximum Gasteiger partial charge on any atom is 0.123 e. The number of rotatable bonds is 1. The first-order chi connectivity index (χ1) is 7.15. The van der Waals surface area contributed by atoms with E-state index in [-0.39, 0.29) is 5.82 Å². The first kappa shape index (κ1) is 9.91. The number of benzene rings is 2. The lowest BCUT2D eigenvalue weighted by molar-refractivity contribution is 0.628. The summed E-state index contributed by atoms with van der Waals surface area (Å²) in [5.41, 5.74) is 4.19. The van der Waals surface area contributed by atoms with Gasteiger partial charge in [-0.25, -0.2) is 4.39 Å². The first-order valence-electron chi connectivity index (χ1n) is 4.91. The Balaban J connectivity index is 2.54. The minimum absolute atomic E-state index is 0.220. The molecule has 75 valence electrons. The molecule has 0 aliphatic heterocycles. The van der Waals surface area contributed by atoms with Gasteiger partial charge in [-0.2, -0.15) is 0 Å². The van der Waals surface area contributed by atoms with Crippen LogP contribution in [-0.2, 0) is 0 Å². The van der Waals surface area contributed by atoms with Gasteiger partial charge in [0.15, 0.2) is 0 Å². The lowest BCUT2D eigenvalue weighted by Gasteiger charge is -2.04. The Bertz CT molecular complexity index is 466. The van der Waals surface area contributed by atoms with Crippen molar-refractivity contribution < 1.29 is 4.39 Å². The van der Waals surface area contributed by atoms with E-state index < -0.39 is 0 Å². The van der Waals surface area contributed by atoms with Gasteiger partial charge in [0, 0.05) is 0 Å². The molecule has 2 aromatic rings. The summed E-state index contributed by atoms with van der Waals surface area (Å²) in [5, 5.41) is 0. The van der Waals surface area contributed by atoms with Crippen molar-refractivity contribution in [3.05, 3.63) is 59.4 Å². The molecule has 0 spiro atoms. The third-order valence-electron chi connectivity index (χ3n) is 2.30. The van der Waals surface area contributed by atoms with E-state index in [4.69, 9.17) is 0 Å². The highest BCUT2D eigenvalue weighted by Crippen LogP contribution is 2.22. The van der Waals surface area contributed by atoms with Gasteiger partial charge in [-0.05, 0) is 43.2 Å². The van der Waals surface area contributed by atoms with Crippen LogP contribution in [0.4, 0.5) is 4.39 Å². The predicted molar refractivity (Wildman–Crippen MR) is 60.1 cm³/mol. The standard InChI is InChI=1S/C14H12F/c1-10-6-11(2)8-13(7-10)12-4-3-5-14(15)9-12/h3,5-9H,1-2H3. The van der Waals surface area contributed by atoms with Crippen LogP contribution in [0.15, 0.2) is 36.4 Å². The van der Waals surface area contributed by atoms with E-state index in [0.717, 1.165) is 11.1 Å². The zero-order chi connectivity index (χ0) is 10.8. The van der Waals surface area contributed by atoms with Crippen LogP contribution < -0.4 is 0 Å². The average molecular weight is 199 g/mol. The molecule has 0 N–H and O–H groups in total. The SMILES string of the molecule is Cc1cc(C)cc(-c2[c]ccc(F)c2)c1. The van der Waals surface area contributed by atoms with Gasteiger partial charge in [0.2, 0.25) is 0 Å². The van der Waals surface area contributed by atoms with Crippen LogP contribution in [0, 0.1) is 25.7 Å². The summed E-state index contributed by atoms with van der Waals surface area (Å²) in [5.74, 6) is -0.220. The minimum Gasteiger partial charge on any atom is -0.207 e. The molecule has 0 amide bonds. The van der Waals surface area contributed by atoms with Crippen molar-refractivity contribution >= 4 is 0 Å². The van der Waals surface area contributed by atoms with Crippen molar-refractivity contribution in [3.63, 3.8) is 0 Å². The van der Waals surface area contributed by atoms with Crippen LogP contribution in [0.25, 0.3) is 11.1 Å². The van der Waals surface area contributed by atoms with E-state index in [9.17, 15) is 4.39 Å². The van der Waals surface area contributed by atoms with E-state index in [0.29, 0.717) is 0 Å². The highest BCUT2D eigenvalue weighted by Gasteiger charge is 2.00.